The predicted octanol–water partition coefficient (Wildman–Crippen LogP) is 2.16. The summed E-state index contributed by atoms with van der Waals surface area (Å²) in [5.74, 6) is 0.951. The number of hydrogen-bond acceptors (Lipinski definition) is 3. The highest BCUT2D eigenvalue weighted by atomic mass is 16.2. The molecule has 1 aliphatic rings. The number of para-hydroxylation sites is 1. The fourth-order valence-electron chi connectivity index (χ4n) is 3.18. The second kappa shape index (κ2) is 5.15. The van der Waals surface area contributed by atoms with E-state index in [1.807, 2.05) is 54.2 Å². The number of H-pyrrole nitrogens is 2. The number of amides is 1. The van der Waals surface area contributed by atoms with Gasteiger partial charge in [-0.1, -0.05) is 18.2 Å². The normalized spacial score (nSPS) is 14.1. The molecule has 2 N–H and O–H groups in total. The maximum atomic E-state index is 12.8. The van der Waals surface area contributed by atoms with Gasteiger partial charge >= 0.3 is 0 Å². The molecule has 0 fully saturated rings. The van der Waals surface area contributed by atoms with Crippen molar-refractivity contribution >= 4 is 22.6 Å². The van der Waals surface area contributed by atoms with E-state index in [2.05, 4.69) is 15.2 Å². The molecule has 6 heteroatoms. The van der Waals surface area contributed by atoms with Crippen LogP contribution in [0.5, 0.6) is 0 Å². The lowest BCUT2D eigenvalue weighted by molar-refractivity contribution is 0.0729. The number of aromatic amines is 2. The molecule has 0 saturated carbocycles. The minimum absolute atomic E-state index is 0.0396. The number of anilines is 1. The van der Waals surface area contributed by atoms with Gasteiger partial charge in [-0.3, -0.25) is 9.89 Å². The van der Waals surface area contributed by atoms with E-state index < -0.39 is 0 Å². The molecule has 1 amide bonds. The van der Waals surface area contributed by atoms with E-state index in [1.165, 1.54) is 0 Å². The number of benzene rings is 1. The Bertz CT molecular complexity index is 843. The zero-order valence-electron chi connectivity index (χ0n) is 13.3. The summed E-state index contributed by atoms with van der Waals surface area (Å²) >= 11 is 0. The molecule has 3 aromatic rings. The first kappa shape index (κ1) is 13.9. The van der Waals surface area contributed by atoms with Crippen LogP contribution in [0.15, 0.2) is 30.3 Å². The number of rotatable bonds is 2. The molecule has 1 aliphatic heterocycles. The third-order valence-electron chi connectivity index (χ3n) is 4.38. The number of carbonyl (C=O) groups is 1. The first-order valence-electron chi connectivity index (χ1n) is 7.74. The van der Waals surface area contributed by atoms with E-state index in [9.17, 15) is 4.79 Å². The maximum Gasteiger partial charge on any atom is 0.270 e. The Hall–Kier alpha value is -2.76. The summed E-state index contributed by atoms with van der Waals surface area (Å²) < 4.78 is 0. The Morgan fingerprint density at radius 1 is 1.30 bits per heavy atom. The van der Waals surface area contributed by atoms with Gasteiger partial charge in [0.05, 0.1) is 6.54 Å². The fourth-order valence-corrected chi connectivity index (χ4v) is 3.18. The lowest BCUT2D eigenvalue weighted by Gasteiger charge is -2.27. The van der Waals surface area contributed by atoms with Crippen LogP contribution in [0.2, 0.25) is 0 Å². The van der Waals surface area contributed by atoms with Gasteiger partial charge in [0.1, 0.15) is 5.69 Å². The molecule has 23 heavy (non-hydrogen) atoms. The Labute approximate surface area is 134 Å². The zero-order valence-corrected chi connectivity index (χ0v) is 13.3. The Kier molecular flexibility index (Phi) is 3.11. The summed E-state index contributed by atoms with van der Waals surface area (Å²) in [6.45, 7) is 1.30. The molecular formula is C17H19N5O. The standard InChI is InChI=1S/C17H19N5O/c1-21(2)16-12-10-22(8-7-14(12)19-20-16)17(23)15-9-11-5-3-4-6-13(11)18-15/h3-6,9,18H,7-8,10H2,1-2H3,(H,19,20). The Morgan fingerprint density at radius 3 is 2.91 bits per heavy atom. The summed E-state index contributed by atoms with van der Waals surface area (Å²) in [5, 5.41) is 8.51. The summed E-state index contributed by atoms with van der Waals surface area (Å²) in [6.07, 6.45) is 0.808. The summed E-state index contributed by atoms with van der Waals surface area (Å²) in [7, 11) is 3.93. The molecule has 0 bridgehead atoms. The highest BCUT2D eigenvalue weighted by Crippen LogP contribution is 2.26. The van der Waals surface area contributed by atoms with Gasteiger partial charge in [0, 0.05) is 49.2 Å². The van der Waals surface area contributed by atoms with E-state index >= 15 is 0 Å². The molecule has 4 rings (SSSR count). The van der Waals surface area contributed by atoms with Crippen LogP contribution >= 0.6 is 0 Å². The van der Waals surface area contributed by atoms with Crippen LogP contribution in [0.3, 0.4) is 0 Å². The number of nitrogens with one attached hydrogen (secondary N) is 2. The number of fused-ring (bicyclic) bond motifs is 2. The molecule has 0 aliphatic carbocycles. The molecule has 6 nitrogen and oxygen atoms in total. The van der Waals surface area contributed by atoms with E-state index in [0.717, 1.165) is 34.4 Å². The lowest BCUT2D eigenvalue weighted by atomic mass is 10.1. The second-order valence-corrected chi connectivity index (χ2v) is 6.15. The van der Waals surface area contributed by atoms with Gasteiger partial charge < -0.3 is 14.8 Å². The average molecular weight is 309 g/mol. The zero-order chi connectivity index (χ0) is 16.0. The maximum absolute atomic E-state index is 12.8. The number of hydrogen-bond donors (Lipinski definition) is 2. The van der Waals surface area contributed by atoms with Crippen LogP contribution < -0.4 is 4.90 Å². The predicted molar refractivity (Wildman–Crippen MR) is 89.7 cm³/mol. The van der Waals surface area contributed by atoms with Gasteiger partial charge in [-0.05, 0) is 12.1 Å². The molecular weight excluding hydrogens is 290 g/mol. The first-order valence-corrected chi connectivity index (χ1v) is 7.74. The first-order chi connectivity index (χ1) is 11.1. The highest BCUT2D eigenvalue weighted by molar-refractivity contribution is 5.98. The third-order valence-corrected chi connectivity index (χ3v) is 4.38. The summed E-state index contributed by atoms with van der Waals surface area (Å²) in [6, 6.07) is 9.87. The third kappa shape index (κ3) is 2.27. The monoisotopic (exact) mass is 309 g/mol. The molecule has 2 aromatic heterocycles. The molecule has 0 radical (unpaired) electrons. The molecule has 0 atom stereocenters. The van der Waals surface area contributed by atoms with Crippen LogP contribution in [-0.2, 0) is 13.0 Å². The minimum atomic E-state index is 0.0396. The molecule has 0 saturated heterocycles. The van der Waals surface area contributed by atoms with Crippen molar-refractivity contribution in [1.29, 1.82) is 0 Å². The van der Waals surface area contributed by atoms with Gasteiger partial charge in [-0.25, -0.2) is 0 Å². The van der Waals surface area contributed by atoms with Gasteiger partial charge in [-0.15, -0.1) is 0 Å². The van der Waals surface area contributed by atoms with Gasteiger partial charge in [-0.2, -0.15) is 5.10 Å². The molecule has 3 heterocycles. The van der Waals surface area contributed by atoms with Crippen molar-refractivity contribution in [3.8, 4) is 0 Å². The average Bonchev–Trinajstić information content (AvgIpc) is 3.17. The minimum Gasteiger partial charge on any atom is -0.361 e. The van der Waals surface area contributed by atoms with Gasteiger partial charge in [0.2, 0.25) is 0 Å². The van der Waals surface area contributed by atoms with Crippen molar-refractivity contribution < 1.29 is 4.79 Å². The fraction of sp³-hybridized carbons (Fsp3) is 0.294. The lowest BCUT2D eigenvalue weighted by Crippen LogP contribution is -2.36. The van der Waals surface area contributed by atoms with Gasteiger partial charge in [0.15, 0.2) is 5.82 Å². The van der Waals surface area contributed by atoms with Crippen LogP contribution in [0.4, 0.5) is 5.82 Å². The van der Waals surface area contributed by atoms with E-state index in [4.69, 9.17) is 0 Å². The quantitative estimate of drug-likeness (QED) is 0.762. The second-order valence-electron chi connectivity index (χ2n) is 6.15. The van der Waals surface area contributed by atoms with Crippen molar-refractivity contribution in [2.24, 2.45) is 0 Å². The van der Waals surface area contributed by atoms with E-state index in [0.29, 0.717) is 18.8 Å². The van der Waals surface area contributed by atoms with Crippen molar-refractivity contribution in [3.05, 3.63) is 47.3 Å². The van der Waals surface area contributed by atoms with Gasteiger partial charge in [0.25, 0.3) is 5.91 Å². The van der Waals surface area contributed by atoms with Crippen LogP contribution in [-0.4, -0.2) is 46.6 Å². The Balaban J connectivity index is 1.63. The van der Waals surface area contributed by atoms with Crippen LogP contribution in [0, 0.1) is 0 Å². The topological polar surface area (TPSA) is 68.0 Å². The van der Waals surface area contributed by atoms with Crippen molar-refractivity contribution in [1.82, 2.24) is 20.1 Å². The largest absolute Gasteiger partial charge is 0.361 e. The van der Waals surface area contributed by atoms with E-state index in [1.54, 1.807) is 0 Å². The van der Waals surface area contributed by atoms with E-state index in [-0.39, 0.29) is 5.91 Å². The van der Waals surface area contributed by atoms with Crippen LogP contribution in [0.1, 0.15) is 21.7 Å². The summed E-state index contributed by atoms with van der Waals surface area (Å²) in [5.41, 5.74) is 3.88. The SMILES string of the molecule is CN(C)c1n[nH]c2c1CN(C(=O)c1cc3ccccc3[nH]1)CC2. The highest BCUT2D eigenvalue weighted by Gasteiger charge is 2.27. The van der Waals surface area contributed by atoms with Crippen LogP contribution in [0.25, 0.3) is 10.9 Å². The van der Waals surface area contributed by atoms with Crippen molar-refractivity contribution in [2.45, 2.75) is 13.0 Å². The molecule has 0 spiro atoms. The molecule has 0 unspecified atom stereocenters. The number of aromatic nitrogens is 3. The van der Waals surface area contributed by atoms with Crippen molar-refractivity contribution in [2.75, 3.05) is 25.5 Å². The number of carbonyl (C=O) groups excluding carboxylic acids is 1. The van der Waals surface area contributed by atoms with Crippen molar-refractivity contribution in [3.63, 3.8) is 0 Å². The summed E-state index contributed by atoms with van der Waals surface area (Å²) in [4.78, 5) is 19.9. The smallest absolute Gasteiger partial charge is 0.270 e. The molecule has 118 valence electrons. The Morgan fingerprint density at radius 2 is 2.13 bits per heavy atom. The number of nitrogens with zero attached hydrogens (tertiary/aromatic N) is 3. The molecule has 1 aromatic carbocycles.